The van der Waals surface area contributed by atoms with Crippen LogP contribution in [-0.4, -0.2) is 66.3 Å². The Labute approximate surface area is 269 Å². The van der Waals surface area contributed by atoms with Crippen LogP contribution in [0.15, 0.2) is 126 Å². The summed E-state index contributed by atoms with van der Waals surface area (Å²) in [5.41, 5.74) is 0.827. The molecule has 232 valence electrons. The largest absolute Gasteiger partial charge is 0.459 e. The van der Waals surface area contributed by atoms with Crippen LogP contribution in [0.5, 0.6) is 0 Å². The summed E-state index contributed by atoms with van der Waals surface area (Å²) in [5.74, 6) is -3.07. The van der Waals surface area contributed by atoms with E-state index in [9.17, 15) is 19.2 Å². The minimum atomic E-state index is -1.50. The molecule has 0 bridgehead atoms. The molecule has 10 nitrogen and oxygen atoms in total. The van der Waals surface area contributed by atoms with E-state index in [1.54, 1.807) is 84.9 Å². The second-order valence-corrected chi connectivity index (χ2v) is 10.1. The molecule has 0 amide bonds. The summed E-state index contributed by atoms with van der Waals surface area (Å²) >= 11 is 4.85. The fourth-order valence-corrected chi connectivity index (χ4v) is 4.80. The number of hydrogen-bond acceptors (Lipinski definition) is 11. The molecule has 0 aromatic heterocycles. The number of benzene rings is 4. The van der Waals surface area contributed by atoms with E-state index in [4.69, 9.17) is 35.9 Å². The number of thiocarbonyl (C=S) groups is 1. The van der Waals surface area contributed by atoms with Crippen molar-refractivity contribution in [3.63, 3.8) is 0 Å². The van der Waals surface area contributed by atoms with Gasteiger partial charge in [0.25, 0.3) is 0 Å². The average Bonchev–Trinajstić information content (AvgIpc) is 3.11. The van der Waals surface area contributed by atoms with Gasteiger partial charge in [-0.1, -0.05) is 72.8 Å². The maximum Gasteiger partial charge on any atom is 0.338 e. The zero-order valence-corrected chi connectivity index (χ0v) is 25.0. The molecule has 1 aliphatic heterocycles. The average molecular weight is 638 g/mol. The van der Waals surface area contributed by atoms with E-state index in [2.05, 4.69) is 10.2 Å². The first-order chi connectivity index (χ1) is 22.4. The van der Waals surface area contributed by atoms with Crippen molar-refractivity contribution in [3.8, 4) is 0 Å². The van der Waals surface area contributed by atoms with Gasteiger partial charge in [-0.25, -0.2) is 19.2 Å². The van der Waals surface area contributed by atoms with Gasteiger partial charge in [0.2, 0.25) is 0 Å². The van der Waals surface area contributed by atoms with Crippen LogP contribution >= 0.6 is 12.2 Å². The van der Waals surface area contributed by atoms with Crippen LogP contribution in [-0.2, 0) is 23.7 Å². The summed E-state index contributed by atoms with van der Waals surface area (Å²) in [6.45, 7) is -0.456. The topological polar surface area (TPSA) is 127 Å². The van der Waals surface area contributed by atoms with Gasteiger partial charge in [0.1, 0.15) is 12.7 Å². The predicted molar refractivity (Wildman–Crippen MR) is 167 cm³/mol. The number of ether oxygens (including phenoxy) is 5. The summed E-state index contributed by atoms with van der Waals surface area (Å²) < 4.78 is 29.3. The van der Waals surface area contributed by atoms with Crippen LogP contribution in [0.3, 0.4) is 0 Å². The van der Waals surface area contributed by atoms with Gasteiger partial charge in [-0.3, -0.25) is 0 Å². The Hall–Kier alpha value is -5.48. The lowest BCUT2D eigenvalue weighted by molar-refractivity contribution is -0.226. The van der Waals surface area contributed by atoms with Crippen LogP contribution in [0.4, 0.5) is 0 Å². The molecular weight excluding hydrogens is 610 g/mol. The molecule has 1 fully saturated rings. The maximum atomic E-state index is 13.4. The highest BCUT2D eigenvalue weighted by Crippen LogP contribution is 2.31. The molecule has 5 rings (SSSR count). The first kappa shape index (κ1) is 31.9. The van der Waals surface area contributed by atoms with E-state index >= 15 is 0 Å². The number of esters is 4. The van der Waals surface area contributed by atoms with Gasteiger partial charge in [0, 0.05) is 0 Å². The van der Waals surface area contributed by atoms with Gasteiger partial charge in [-0.05, 0) is 60.7 Å². The quantitative estimate of drug-likeness (QED) is 0.0972. The number of carbonyl (C=O) groups is 4. The lowest BCUT2D eigenvalue weighted by Crippen LogP contribution is -2.62. The van der Waals surface area contributed by atoms with Gasteiger partial charge < -0.3 is 23.7 Å². The summed E-state index contributed by atoms with van der Waals surface area (Å²) in [5, 5.41) is 2.21. The van der Waals surface area contributed by atoms with Crippen molar-refractivity contribution in [2.45, 2.75) is 30.6 Å². The van der Waals surface area contributed by atoms with Crippen molar-refractivity contribution in [1.82, 2.24) is 0 Å². The highest BCUT2D eigenvalue weighted by Gasteiger charge is 2.53. The Morgan fingerprint density at radius 1 is 0.565 bits per heavy atom. The summed E-state index contributed by atoms with van der Waals surface area (Å²) in [6, 6.07) is 32.5. The highest BCUT2D eigenvalue weighted by molar-refractivity contribution is 7.78. The molecule has 0 saturated carbocycles. The minimum absolute atomic E-state index is 0.178. The summed E-state index contributed by atoms with van der Waals surface area (Å²) in [6.07, 6.45) is -7.05. The molecule has 1 saturated heterocycles. The summed E-state index contributed by atoms with van der Waals surface area (Å²) in [4.78, 5) is 57.0. The second-order valence-electron chi connectivity index (χ2n) is 9.96. The molecule has 0 spiro atoms. The van der Waals surface area contributed by atoms with Crippen LogP contribution in [0.2, 0.25) is 0 Å². The Morgan fingerprint density at radius 2 is 0.935 bits per heavy atom. The number of nitrogens with zero attached hydrogens (tertiary/aromatic N) is 1. The van der Waals surface area contributed by atoms with Crippen LogP contribution in [0, 0.1) is 0 Å². The zero-order chi connectivity index (χ0) is 32.3. The van der Waals surface area contributed by atoms with Crippen molar-refractivity contribution in [2.24, 2.45) is 4.99 Å². The molecule has 4 aromatic rings. The van der Waals surface area contributed by atoms with Crippen LogP contribution in [0.25, 0.3) is 0 Å². The number of aliphatic imine (C=N–C) groups is 1. The molecule has 0 N–H and O–H groups in total. The zero-order valence-electron chi connectivity index (χ0n) is 24.2. The van der Waals surface area contributed by atoms with Crippen molar-refractivity contribution >= 4 is 41.3 Å². The molecule has 0 unspecified atom stereocenters. The van der Waals surface area contributed by atoms with Gasteiger partial charge in [-0.2, -0.15) is 4.99 Å². The standard InChI is InChI=1S/C35H27NO9S/c37-32(23-13-5-1-6-14-23)41-21-27-28(43-33(38)24-15-7-2-8-16-24)29(44-34(39)25-17-9-3-10-18-25)30(31(42-27)36-22-46)45-35(40)26-19-11-4-12-20-26/h1-20,27-31H,21H2/t27-,28+,29+,30-,31-/m1/s1. The predicted octanol–water partition coefficient (Wildman–Crippen LogP) is 5.35. The van der Waals surface area contributed by atoms with E-state index in [-0.39, 0.29) is 22.3 Å². The Morgan fingerprint density at radius 3 is 1.35 bits per heavy atom. The molecule has 1 heterocycles. The molecule has 46 heavy (non-hydrogen) atoms. The monoisotopic (exact) mass is 637 g/mol. The number of isothiocyanates is 1. The maximum absolute atomic E-state index is 13.4. The lowest BCUT2D eigenvalue weighted by Gasteiger charge is -2.43. The highest BCUT2D eigenvalue weighted by atomic mass is 32.1. The van der Waals surface area contributed by atoms with E-state index < -0.39 is 61.1 Å². The van der Waals surface area contributed by atoms with Crippen molar-refractivity contribution in [1.29, 1.82) is 0 Å². The van der Waals surface area contributed by atoms with E-state index in [0.717, 1.165) is 0 Å². The van der Waals surface area contributed by atoms with Crippen molar-refractivity contribution in [3.05, 3.63) is 144 Å². The number of carbonyl (C=O) groups excluding carboxylic acids is 4. The van der Waals surface area contributed by atoms with E-state index in [0.29, 0.717) is 0 Å². The van der Waals surface area contributed by atoms with Crippen LogP contribution < -0.4 is 0 Å². The van der Waals surface area contributed by atoms with Gasteiger partial charge >= 0.3 is 23.9 Å². The molecule has 5 atom stereocenters. The third-order valence-electron chi connectivity index (χ3n) is 6.94. The smallest absolute Gasteiger partial charge is 0.338 e. The van der Waals surface area contributed by atoms with Crippen molar-refractivity contribution in [2.75, 3.05) is 6.61 Å². The molecule has 4 aromatic carbocycles. The molecule has 0 aliphatic carbocycles. The second kappa shape index (κ2) is 15.5. The fourth-order valence-electron chi connectivity index (χ4n) is 4.70. The van der Waals surface area contributed by atoms with Crippen molar-refractivity contribution < 1.29 is 42.9 Å². The Bertz CT molecular complexity index is 1700. The fraction of sp³-hybridized carbons (Fsp3) is 0.171. The normalized spacial score (nSPS) is 20.3. The minimum Gasteiger partial charge on any atom is -0.459 e. The number of hydrogen-bond donors (Lipinski definition) is 0. The SMILES string of the molecule is O=C(OC[C@H]1O[C@@H](N=C=S)[C@H](OC(=O)c2ccccc2)[C@@H](OC(=O)c2ccccc2)[C@H]1OC(=O)c1ccccc1)c1ccccc1. The molecular formula is C35H27NO9S. The number of rotatable bonds is 10. The van der Waals surface area contributed by atoms with Gasteiger partial charge in [-0.15, -0.1) is 0 Å². The third kappa shape index (κ3) is 7.96. The van der Waals surface area contributed by atoms with E-state index in [1.165, 1.54) is 36.4 Å². The first-order valence-corrected chi connectivity index (χ1v) is 14.6. The van der Waals surface area contributed by atoms with Crippen LogP contribution in [0.1, 0.15) is 41.4 Å². The van der Waals surface area contributed by atoms with E-state index in [1.807, 2.05) is 0 Å². The van der Waals surface area contributed by atoms with Gasteiger partial charge in [0.15, 0.2) is 24.5 Å². The molecule has 11 heteroatoms. The molecule has 0 radical (unpaired) electrons. The van der Waals surface area contributed by atoms with Gasteiger partial charge in [0.05, 0.1) is 27.4 Å². The third-order valence-corrected chi connectivity index (χ3v) is 7.04. The Kier molecular flexibility index (Phi) is 10.8. The molecule has 1 aliphatic rings. The first-order valence-electron chi connectivity index (χ1n) is 14.2. The Balaban J connectivity index is 1.53. The summed E-state index contributed by atoms with van der Waals surface area (Å²) in [7, 11) is 0. The lowest BCUT2D eigenvalue weighted by atomic mass is 9.97.